The third kappa shape index (κ3) is 4.05. The van der Waals surface area contributed by atoms with E-state index in [-0.39, 0.29) is 0 Å². The molecule has 0 amide bonds. The highest BCUT2D eigenvalue weighted by molar-refractivity contribution is 6.35. The van der Waals surface area contributed by atoms with Crippen LogP contribution in [0.15, 0.2) is 47.0 Å². The monoisotopic (exact) mass is 486 g/mol. The van der Waals surface area contributed by atoms with Crippen LogP contribution >= 0.6 is 34.8 Å². The molecule has 2 heterocycles. The smallest absolute Gasteiger partial charge is 0.230 e. The summed E-state index contributed by atoms with van der Waals surface area (Å²) in [5, 5.41) is 10.9. The third-order valence-electron chi connectivity index (χ3n) is 5.99. The van der Waals surface area contributed by atoms with E-state index in [1.165, 1.54) is 19.3 Å². The Balaban J connectivity index is 1.64. The minimum Gasteiger partial charge on any atom is -0.339 e. The fourth-order valence-corrected chi connectivity index (χ4v) is 4.94. The van der Waals surface area contributed by atoms with Crippen molar-refractivity contribution < 1.29 is 4.52 Å². The molecule has 2 aromatic carbocycles. The molecule has 2 aromatic heterocycles. The Morgan fingerprint density at radius 3 is 2.38 bits per heavy atom. The Bertz CT molecular complexity index is 1260. The summed E-state index contributed by atoms with van der Waals surface area (Å²) >= 11 is 18.8. The van der Waals surface area contributed by atoms with Crippen molar-refractivity contribution in [2.75, 3.05) is 0 Å². The summed E-state index contributed by atoms with van der Waals surface area (Å²) in [5.74, 6) is 1.52. The molecule has 0 N–H and O–H groups in total. The fraction of sp³-hybridized carbons (Fsp3) is 0.292. The second-order valence-electron chi connectivity index (χ2n) is 8.13. The lowest BCUT2D eigenvalue weighted by molar-refractivity contribution is 0.314. The molecule has 4 aromatic rings. The van der Waals surface area contributed by atoms with Gasteiger partial charge in [-0.15, -0.1) is 0 Å². The molecule has 5 nitrogen and oxygen atoms in total. The first-order chi connectivity index (χ1) is 15.5. The van der Waals surface area contributed by atoms with Crippen molar-refractivity contribution in [3.8, 4) is 28.5 Å². The molecular weight excluding hydrogens is 467 g/mol. The van der Waals surface area contributed by atoms with E-state index in [0.29, 0.717) is 44.1 Å². The van der Waals surface area contributed by atoms with E-state index in [1.807, 2.05) is 41.9 Å². The predicted octanol–water partition coefficient (Wildman–Crippen LogP) is 7.91. The zero-order valence-electron chi connectivity index (χ0n) is 17.5. The van der Waals surface area contributed by atoms with Gasteiger partial charge in [0.25, 0.3) is 0 Å². The maximum atomic E-state index is 6.55. The van der Waals surface area contributed by atoms with Crippen LogP contribution in [0, 0.1) is 6.92 Å². The molecule has 1 saturated carbocycles. The van der Waals surface area contributed by atoms with E-state index in [9.17, 15) is 0 Å². The van der Waals surface area contributed by atoms with Gasteiger partial charge >= 0.3 is 0 Å². The number of rotatable bonds is 4. The highest BCUT2D eigenvalue weighted by atomic mass is 35.5. The number of aromatic nitrogens is 4. The lowest BCUT2D eigenvalue weighted by atomic mass is 9.89. The van der Waals surface area contributed by atoms with Gasteiger partial charge in [0.05, 0.1) is 16.4 Å². The van der Waals surface area contributed by atoms with Gasteiger partial charge in [0.2, 0.25) is 11.7 Å². The molecule has 5 rings (SSSR count). The van der Waals surface area contributed by atoms with E-state index in [4.69, 9.17) is 49.4 Å². The van der Waals surface area contributed by atoms with Crippen LogP contribution in [0.3, 0.4) is 0 Å². The Labute approximate surface area is 201 Å². The number of halogens is 3. The van der Waals surface area contributed by atoms with Crippen molar-refractivity contribution in [1.82, 2.24) is 19.9 Å². The van der Waals surface area contributed by atoms with E-state index in [0.717, 1.165) is 29.7 Å². The van der Waals surface area contributed by atoms with Crippen LogP contribution in [0.25, 0.3) is 28.5 Å². The minimum atomic E-state index is 0.328. The number of benzene rings is 2. The lowest BCUT2D eigenvalue weighted by Crippen LogP contribution is -2.04. The first-order valence-electron chi connectivity index (χ1n) is 10.7. The third-order valence-corrected chi connectivity index (χ3v) is 6.78. The van der Waals surface area contributed by atoms with Crippen LogP contribution in [0.2, 0.25) is 15.1 Å². The Kier molecular flexibility index (Phi) is 5.97. The average molecular weight is 488 g/mol. The molecule has 0 bridgehead atoms. The number of nitrogens with zero attached hydrogens (tertiary/aromatic N) is 4. The van der Waals surface area contributed by atoms with Gasteiger partial charge in [0, 0.05) is 27.1 Å². The molecule has 0 radical (unpaired) electrons. The van der Waals surface area contributed by atoms with Crippen LogP contribution in [0.4, 0.5) is 0 Å². The maximum absolute atomic E-state index is 6.55. The predicted molar refractivity (Wildman–Crippen MR) is 128 cm³/mol. The van der Waals surface area contributed by atoms with Gasteiger partial charge in [-0.25, -0.2) is 4.68 Å². The second-order valence-corrected chi connectivity index (χ2v) is 9.41. The summed E-state index contributed by atoms with van der Waals surface area (Å²) in [5.41, 5.74) is 4.13. The summed E-state index contributed by atoms with van der Waals surface area (Å²) in [6.45, 7) is 2.00. The van der Waals surface area contributed by atoms with Crippen LogP contribution in [-0.4, -0.2) is 19.9 Å². The molecule has 164 valence electrons. The maximum Gasteiger partial charge on any atom is 0.230 e. The zero-order valence-corrected chi connectivity index (χ0v) is 19.8. The quantitative estimate of drug-likeness (QED) is 0.293. The molecule has 1 fully saturated rings. The molecule has 0 unspecified atom stereocenters. The van der Waals surface area contributed by atoms with Crippen LogP contribution in [-0.2, 0) is 0 Å². The van der Waals surface area contributed by atoms with Crippen molar-refractivity contribution in [2.45, 2.75) is 44.9 Å². The second kappa shape index (κ2) is 8.89. The van der Waals surface area contributed by atoms with Crippen LogP contribution in [0.5, 0.6) is 0 Å². The number of hydrogen-bond donors (Lipinski definition) is 0. The highest BCUT2D eigenvalue weighted by Gasteiger charge is 2.26. The van der Waals surface area contributed by atoms with Crippen molar-refractivity contribution in [1.29, 1.82) is 0 Å². The minimum absolute atomic E-state index is 0.328. The van der Waals surface area contributed by atoms with Gasteiger partial charge in [0.1, 0.15) is 5.69 Å². The largest absolute Gasteiger partial charge is 0.339 e. The van der Waals surface area contributed by atoms with Crippen molar-refractivity contribution in [2.24, 2.45) is 0 Å². The van der Waals surface area contributed by atoms with Gasteiger partial charge in [-0.2, -0.15) is 10.1 Å². The van der Waals surface area contributed by atoms with Crippen molar-refractivity contribution in [3.63, 3.8) is 0 Å². The van der Waals surface area contributed by atoms with E-state index in [1.54, 1.807) is 12.1 Å². The summed E-state index contributed by atoms with van der Waals surface area (Å²) < 4.78 is 7.47. The molecule has 32 heavy (non-hydrogen) atoms. The van der Waals surface area contributed by atoms with Crippen molar-refractivity contribution >= 4 is 34.8 Å². The highest BCUT2D eigenvalue weighted by Crippen LogP contribution is 2.37. The first-order valence-corrected chi connectivity index (χ1v) is 11.8. The van der Waals surface area contributed by atoms with Gasteiger partial charge < -0.3 is 4.52 Å². The molecule has 0 spiro atoms. The Morgan fingerprint density at radius 2 is 1.66 bits per heavy atom. The van der Waals surface area contributed by atoms with Gasteiger partial charge in [0.15, 0.2) is 0 Å². The van der Waals surface area contributed by atoms with E-state index in [2.05, 4.69) is 5.16 Å². The topological polar surface area (TPSA) is 56.7 Å². The van der Waals surface area contributed by atoms with E-state index >= 15 is 0 Å². The Morgan fingerprint density at radius 1 is 0.938 bits per heavy atom. The van der Waals surface area contributed by atoms with Crippen LogP contribution in [0.1, 0.15) is 49.5 Å². The molecule has 1 aliphatic rings. The molecule has 1 aliphatic carbocycles. The standard InChI is InChI=1S/C24H21Cl3N4O/c1-14-21(23-28-24(32-30-23)16-5-3-2-4-6-16)29-31(20-12-11-18(26)13-19(20)27)22(14)15-7-9-17(25)10-8-15/h7-13,16H,2-6H2,1H3. The molecule has 0 saturated heterocycles. The summed E-state index contributed by atoms with van der Waals surface area (Å²) in [7, 11) is 0. The SMILES string of the molecule is Cc1c(-c2noc(C3CCCCC3)n2)nn(-c2ccc(Cl)cc2Cl)c1-c1ccc(Cl)cc1. The molecule has 8 heteroatoms. The molecular formula is C24H21Cl3N4O. The average Bonchev–Trinajstić information content (AvgIpc) is 3.40. The summed E-state index contributed by atoms with van der Waals surface area (Å²) in [6, 6.07) is 13.0. The van der Waals surface area contributed by atoms with Gasteiger partial charge in [-0.3, -0.25) is 0 Å². The van der Waals surface area contributed by atoms with E-state index < -0.39 is 0 Å². The first kappa shape index (κ1) is 21.5. The summed E-state index contributed by atoms with van der Waals surface area (Å²) in [4.78, 5) is 4.73. The lowest BCUT2D eigenvalue weighted by Gasteiger charge is -2.17. The summed E-state index contributed by atoms with van der Waals surface area (Å²) in [6.07, 6.45) is 5.85. The van der Waals surface area contributed by atoms with Gasteiger partial charge in [-0.1, -0.05) is 71.4 Å². The molecule has 0 aliphatic heterocycles. The van der Waals surface area contributed by atoms with Crippen molar-refractivity contribution in [3.05, 3.63) is 69.0 Å². The van der Waals surface area contributed by atoms with Crippen LogP contribution < -0.4 is 0 Å². The number of hydrogen-bond acceptors (Lipinski definition) is 4. The fourth-order valence-electron chi connectivity index (χ4n) is 4.33. The normalized spacial score (nSPS) is 14.8. The molecule has 0 atom stereocenters. The Hall–Kier alpha value is -2.34. The van der Waals surface area contributed by atoms with Gasteiger partial charge in [-0.05, 0) is 50.1 Å². The zero-order chi connectivity index (χ0) is 22.2.